The van der Waals surface area contributed by atoms with Crippen LogP contribution in [0.15, 0.2) is 66.7 Å². The van der Waals surface area contributed by atoms with Crippen molar-refractivity contribution in [1.82, 2.24) is 5.32 Å². The first-order valence-electron chi connectivity index (χ1n) is 9.87. The Morgan fingerprint density at radius 3 is 2.79 bits per heavy atom. The van der Waals surface area contributed by atoms with Crippen molar-refractivity contribution < 1.29 is 9.53 Å². The zero-order valence-electron chi connectivity index (χ0n) is 16.2. The molecule has 0 aliphatic carbocycles. The molecule has 1 N–H and O–H groups in total. The van der Waals surface area contributed by atoms with Gasteiger partial charge in [0.05, 0.1) is 12.6 Å². The Morgan fingerprint density at radius 2 is 1.89 bits per heavy atom. The number of morpholine rings is 1. The standard InChI is InChI=1S/C24H26N2O2/c1-18-6-4-10-21(14-18)26-16-22(28-17-24(26)27)15-25-13-12-20-9-5-8-19-7-2-3-11-23(19)20/h2-11,14,22,25H,12-13,15-17H2,1H3. The average molecular weight is 374 g/mol. The van der Waals surface area contributed by atoms with Gasteiger partial charge in [-0.2, -0.15) is 0 Å². The van der Waals surface area contributed by atoms with E-state index in [4.69, 9.17) is 4.74 Å². The first kappa shape index (κ1) is 18.7. The lowest BCUT2D eigenvalue weighted by Gasteiger charge is -2.33. The summed E-state index contributed by atoms with van der Waals surface area (Å²) in [7, 11) is 0. The predicted octanol–water partition coefficient (Wildman–Crippen LogP) is 3.71. The molecule has 28 heavy (non-hydrogen) atoms. The number of hydrogen-bond acceptors (Lipinski definition) is 3. The van der Waals surface area contributed by atoms with E-state index < -0.39 is 0 Å². The van der Waals surface area contributed by atoms with E-state index in [0.29, 0.717) is 6.54 Å². The zero-order chi connectivity index (χ0) is 19.3. The molecule has 1 saturated heterocycles. The Balaban J connectivity index is 1.32. The number of amides is 1. The van der Waals surface area contributed by atoms with Crippen LogP contribution in [0.4, 0.5) is 5.69 Å². The van der Waals surface area contributed by atoms with Crippen LogP contribution in [0.1, 0.15) is 11.1 Å². The third-order valence-electron chi connectivity index (χ3n) is 5.27. The lowest BCUT2D eigenvalue weighted by atomic mass is 10.0. The van der Waals surface area contributed by atoms with Crippen LogP contribution in [0.3, 0.4) is 0 Å². The number of nitrogens with zero attached hydrogens (tertiary/aromatic N) is 1. The first-order chi connectivity index (χ1) is 13.7. The Labute approximate surface area is 166 Å². The maximum absolute atomic E-state index is 12.3. The topological polar surface area (TPSA) is 41.6 Å². The largest absolute Gasteiger partial charge is 0.365 e. The normalized spacial score (nSPS) is 17.2. The molecule has 1 aliphatic rings. The number of carbonyl (C=O) groups is 1. The fraction of sp³-hybridized carbons (Fsp3) is 0.292. The van der Waals surface area contributed by atoms with E-state index in [1.165, 1.54) is 16.3 Å². The van der Waals surface area contributed by atoms with Crippen LogP contribution >= 0.6 is 0 Å². The molecule has 0 spiro atoms. The minimum absolute atomic E-state index is 0.00531. The number of nitrogens with one attached hydrogen (secondary N) is 1. The van der Waals surface area contributed by atoms with Gasteiger partial charge in [-0.3, -0.25) is 4.79 Å². The minimum atomic E-state index is 0.00531. The highest BCUT2D eigenvalue weighted by molar-refractivity contribution is 5.95. The Bertz CT molecular complexity index is 964. The van der Waals surface area contributed by atoms with Crippen molar-refractivity contribution >= 4 is 22.4 Å². The van der Waals surface area contributed by atoms with Gasteiger partial charge in [-0.1, -0.05) is 54.6 Å². The van der Waals surface area contributed by atoms with E-state index in [0.717, 1.165) is 30.8 Å². The Hall–Kier alpha value is -2.69. The van der Waals surface area contributed by atoms with E-state index in [1.807, 2.05) is 36.1 Å². The van der Waals surface area contributed by atoms with Crippen LogP contribution in [0, 0.1) is 6.92 Å². The SMILES string of the molecule is Cc1cccc(N2CC(CNCCc3cccc4ccccc34)OCC2=O)c1. The summed E-state index contributed by atoms with van der Waals surface area (Å²) >= 11 is 0. The maximum atomic E-state index is 12.3. The lowest BCUT2D eigenvalue weighted by molar-refractivity contribution is -0.129. The van der Waals surface area contributed by atoms with Gasteiger partial charge in [-0.15, -0.1) is 0 Å². The van der Waals surface area contributed by atoms with Crippen molar-refractivity contribution in [3.05, 3.63) is 77.9 Å². The minimum Gasteiger partial charge on any atom is -0.365 e. The smallest absolute Gasteiger partial charge is 0.253 e. The number of hydrogen-bond donors (Lipinski definition) is 1. The summed E-state index contributed by atoms with van der Waals surface area (Å²) in [5.41, 5.74) is 3.46. The molecule has 4 rings (SSSR count). The van der Waals surface area contributed by atoms with E-state index in [9.17, 15) is 4.79 Å². The number of anilines is 1. The van der Waals surface area contributed by atoms with Gasteiger partial charge in [0.25, 0.3) is 5.91 Å². The summed E-state index contributed by atoms with van der Waals surface area (Å²) in [4.78, 5) is 14.1. The molecule has 0 saturated carbocycles. The molecule has 1 aliphatic heterocycles. The summed E-state index contributed by atoms with van der Waals surface area (Å²) in [5, 5.41) is 6.10. The number of rotatable bonds is 6. The third-order valence-corrected chi connectivity index (χ3v) is 5.27. The highest BCUT2D eigenvalue weighted by Crippen LogP contribution is 2.20. The van der Waals surface area contributed by atoms with Crippen molar-refractivity contribution in [3.8, 4) is 0 Å². The molecule has 3 aromatic rings. The van der Waals surface area contributed by atoms with Crippen LogP contribution in [-0.2, 0) is 16.0 Å². The van der Waals surface area contributed by atoms with Gasteiger partial charge >= 0.3 is 0 Å². The van der Waals surface area contributed by atoms with Crippen molar-refractivity contribution in [2.24, 2.45) is 0 Å². The van der Waals surface area contributed by atoms with Crippen molar-refractivity contribution in [2.45, 2.75) is 19.4 Å². The molecular formula is C24H26N2O2. The van der Waals surface area contributed by atoms with E-state index in [2.05, 4.69) is 47.8 Å². The fourth-order valence-corrected chi connectivity index (χ4v) is 3.79. The predicted molar refractivity (Wildman–Crippen MR) is 114 cm³/mol. The molecule has 4 heteroatoms. The fourth-order valence-electron chi connectivity index (χ4n) is 3.79. The summed E-state index contributed by atoms with van der Waals surface area (Å²) in [5.74, 6) is 0.0256. The van der Waals surface area contributed by atoms with Gasteiger partial charge in [-0.05, 0) is 53.9 Å². The number of fused-ring (bicyclic) bond motifs is 1. The van der Waals surface area contributed by atoms with Gasteiger partial charge in [0.15, 0.2) is 0 Å². The molecule has 1 fully saturated rings. The monoisotopic (exact) mass is 374 g/mol. The number of aryl methyl sites for hydroxylation is 1. The van der Waals surface area contributed by atoms with Crippen LogP contribution in [0.2, 0.25) is 0 Å². The van der Waals surface area contributed by atoms with Crippen LogP contribution < -0.4 is 10.2 Å². The Kier molecular flexibility index (Phi) is 5.70. The van der Waals surface area contributed by atoms with E-state index in [-0.39, 0.29) is 18.6 Å². The molecule has 4 nitrogen and oxygen atoms in total. The van der Waals surface area contributed by atoms with Crippen molar-refractivity contribution in [1.29, 1.82) is 0 Å². The average Bonchev–Trinajstić information content (AvgIpc) is 2.72. The lowest BCUT2D eigenvalue weighted by Crippen LogP contribution is -2.50. The van der Waals surface area contributed by atoms with Crippen LogP contribution in [0.5, 0.6) is 0 Å². The van der Waals surface area contributed by atoms with Crippen molar-refractivity contribution in [3.63, 3.8) is 0 Å². The number of ether oxygens (including phenoxy) is 1. The highest BCUT2D eigenvalue weighted by atomic mass is 16.5. The van der Waals surface area contributed by atoms with E-state index >= 15 is 0 Å². The van der Waals surface area contributed by atoms with Gasteiger partial charge in [0.1, 0.15) is 6.61 Å². The van der Waals surface area contributed by atoms with Gasteiger partial charge in [-0.25, -0.2) is 0 Å². The second-order valence-electron chi connectivity index (χ2n) is 7.37. The summed E-state index contributed by atoms with van der Waals surface area (Å²) < 4.78 is 5.74. The Morgan fingerprint density at radius 1 is 1.07 bits per heavy atom. The summed E-state index contributed by atoms with van der Waals surface area (Å²) in [6.45, 7) is 4.39. The van der Waals surface area contributed by atoms with Crippen molar-refractivity contribution in [2.75, 3.05) is 31.1 Å². The second-order valence-corrected chi connectivity index (χ2v) is 7.37. The second kappa shape index (κ2) is 8.55. The molecule has 1 heterocycles. The number of benzene rings is 3. The molecule has 3 aromatic carbocycles. The quantitative estimate of drug-likeness (QED) is 0.669. The molecule has 1 amide bonds. The summed E-state index contributed by atoms with van der Waals surface area (Å²) in [6.07, 6.45) is 0.972. The number of carbonyl (C=O) groups excluding carboxylic acids is 1. The van der Waals surface area contributed by atoms with Gasteiger partial charge in [0, 0.05) is 12.2 Å². The van der Waals surface area contributed by atoms with Gasteiger partial charge in [0.2, 0.25) is 0 Å². The van der Waals surface area contributed by atoms with E-state index in [1.54, 1.807) is 0 Å². The molecule has 144 valence electrons. The summed E-state index contributed by atoms with van der Waals surface area (Å²) in [6, 6.07) is 23.0. The van der Waals surface area contributed by atoms with Gasteiger partial charge < -0.3 is 15.0 Å². The molecule has 0 aromatic heterocycles. The molecule has 0 bridgehead atoms. The molecule has 1 atom stereocenters. The maximum Gasteiger partial charge on any atom is 0.253 e. The molecule has 0 radical (unpaired) electrons. The zero-order valence-corrected chi connectivity index (χ0v) is 16.2. The first-order valence-corrected chi connectivity index (χ1v) is 9.87. The third kappa shape index (κ3) is 4.24. The van der Waals surface area contributed by atoms with Crippen LogP contribution in [0.25, 0.3) is 10.8 Å². The highest BCUT2D eigenvalue weighted by Gasteiger charge is 2.27. The van der Waals surface area contributed by atoms with Crippen LogP contribution in [-0.4, -0.2) is 38.3 Å². The molecule has 1 unspecified atom stereocenters. The molecular weight excluding hydrogens is 348 g/mol.